The topological polar surface area (TPSA) is 35.2 Å². The second-order valence-electron chi connectivity index (χ2n) is 2.88. The van der Waals surface area contributed by atoms with Crippen LogP contribution in [0.5, 0.6) is 5.75 Å². The number of ether oxygens (including phenoxy) is 1. The van der Waals surface area contributed by atoms with Crippen molar-refractivity contribution in [3.8, 4) is 5.75 Å². The van der Waals surface area contributed by atoms with E-state index in [0.29, 0.717) is 13.2 Å². The van der Waals surface area contributed by atoms with Crippen molar-refractivity contribution in [1.82, 2.24) is 0 Å². The summed E-state index contributed by atoms with van der Waals surface area (Å²) in [6, 6.07) is 5.99. The van der Waals surface area contributed by atoms with E-state index in [1.165, 1.54) is 0 Å². The fourth-order valence-electron chi connectivity index (χ4n) is 1.42. The van der Waals surface area contributed by atoms with Crippen LogP contribution in [0.4, 0.5) is 0 Å². The van der Waals surface area contributed by atoms with Gasteiger partial charge in [0.15, 0.2) is 0 Å². The first-order chi connectivity index (χ1) is 6.31. The zero-order valence-corrected chi connectivity index (χ0v) is 9.90. The number of benzene rings is 1. The standard InChI is InChI=1S/C10H10BrNO.ClH/c11-8-1-2-9-7(6-12)3-4-13-10(9)5-8;/h1-3,5H,4,6,12H2;1H. The first-order valence-electron chi connectivity index (χ1n) is 4.13. The third-order valence-electron chi connectivity index (χ3n) is 2.08. The molecule has 0 saturated carbocycles. The van der Waals surface area contributed by atoms with Gasteiger partial charge in [0.25, 0.3) is 0 Å². The van der Waals surface area contributed by atoms with Gasteiger partial charge in [0.1, 0.15) is 12.4 Å². The van der Waals surface area contributed by atoms with E-state index in [1.54, 1.807) is 0 Å². The fraction of sp³-hybridized carbons (Fsp3) is 0.200. The van der Waals surface area contributed by atoms with Gasteiger partial charge in [0.05, 0.1) is 0 Å². The number of fused-ring (bicyclic) bond motifs is 1. The third-order valence-corrected chi connectivity index (χ3v) is 2.57. The van der Waals surface area contributed by atoms with E-state index in [1.807, 2.05) is 24.3 Å². The summed E-state index contributed by atoms with van der Waals surface area (Å²) >= 11 is 3.40. The number of nitrogens with two attached hydrogens (primary N) is 1. The third kappa shape index (κ3) is 2.11. The molecular formula is C10H11BrClNO. The van der Waals surface area contributed by atoms with Gasteiger partial charge in [0.2, 0.25) is 0 Å². The molecule has 0 fully saturated rings. The summed E-state index contributed by atoms with van der Waals surface area (Å²) in [5.74, 6) is 0.914. The average molecular weight is 277 g/mol. The van der Waals surface area contributed by atoms with Gasteiger partial charge in [-0.25, -0.2) is 0 Å². The quantitative estimate of drug-likeness (QED) is 0.856. The maximum Gasteiger partial charge on any atom is 0.128 e. The Kier molecular flexibility index (Phi) is 3.98. The van der Waals surface area contributed by atoms with E-state index in [2.05, 4.69) is 15.9 Å². The lowest BCUT2D eigenvalue weighted by molar-refractivity contribution is 0.357. The van der Waals surface area contributed by atoms with Crippen LogP contribution >= 0.6 is 28.3 Å². The first-order valence-corrected chi connectivity index (χ1v) is 4.92. The van der Waals surface area contributed by atoms with Gasteiger partial charge in [-0.1, -0.05) is 15.9 Å². The highest BCUT2D eigenvalue weighted by molar-refractivity contribution is 9.10. The van der Waals surface area contributed by atoms with Crippen molar-refractivity contribution in [2.45, 2.75) is 0 Å². The van der Waals surface area contributed by atoms with Crippen LogP contribution in [0.15, 0.2) is 28.7 Å². The SMILES string of the molecule is Cl.NCC1=CCOc2cc(Br)ccc21. The molecule has 1 aliphatic rings. The Labute approximate surface area is 97.7 Å². The van der Waals surface area contributed by atoms with Crippen molar-refractivity contribution in [1.29, 1.82) is 0 Å². The van der Waals surface area contributed by atoms with Gasteiger partial charge < -0.3 is 10.5 Å². The Hall–Kier alpha value is -0.510. The summed E-state index contributed by atoms with van der Waals surface area (Å²) < 4.78 is 6.51. The van der Waals surface area contributed by atoms with Gasteiger partial charge in [-0.05, 0) is 29.8 Å². The summed E-state index contributed by atoms with van der Waals surface area (Å²) in [6.07, 6.45) is 2.02. The van der Waals surface area contributed by atoms with Crippen LogP contribution in [0.1, 0.15) is 5.56 Å². The Bertz CT molecular complexity index is 365. The number of hydrogen-bond donors (Lipinski definition) is 1. The summed E-state index contributed by atoms with van der Waals surface area (Å²) in [5.41, 5.74) is 7.89. The minimum absolute atomic E-state index is 0. The highest BCUT2D eigenvalue weighted by atomic mass is 79.9. The molecule has 0 saturated heterocycles. The zero-order chi connectivity index (χ0) is 9.26. The predicted molar refractivity (Wildman–Crippen MR) is 63.9 cm³/mol. The van der Waals surface area contributed by atoms with Crippen LogP contribution < -0.4 is 10.5 Å². The summed E-state index contributed by atoms with van der Waals surface area (Å²) in [7, 11) is 0. The molecule has 0 amide bonds. The van der Waals surface area contributed by atoms with E-state index in [4.69, 9.17) is 10.5 Å². The normalized spacial score (nSPS) is 13.4. The summed E-state index contributed by atoms with van der Waals surface area (Å²) in [5, 5.41) is 0. The van der Waals surface area contributed by atoms with Crippen molar-refractivity contribution in [2.75, 3.05) is 13.2 Å². The fourth-order valence-corrected chi connectivity index (χ4v) is 1.76. The minimum atomic E-state index is 0. The van der Waals surface area contributed by atoms with Gasteiger partial charge in [-0.2, -0.15) is 0 Å². The molecule has 2 N–H and O–H groups in total. The van der Waals surface area contributed by atoms with E-state index in [9.17, 15) is 0 Å². The Balaban J connectivity index is 0.000000980. The maximum absolute atomic E-state index is 5.62. The molecule has 0 aromatic heterocycles. The van der Waals surface area contributed by atoms with Gasteiger partial charge in [-0.15, -0.1) is 12.4 Å². The lowest BCUT2D eigenvalue weighted by atomic mass is 10.0. The molecule has 14 heavy (non-hydrogen) atoms. The van der Waals surface area contributed by atoms with Gasteiger partial charge in [-0.3, -0.25) is 0 Å². The van der Waals surface area contributed by atoms with Crippen LogP contribution in [-0.2, 0) is 0 Å². The number of rotatable bonds is 1. The second-order valence-corrected chi connectivity index (χ2v) is 3.80. The van der Waals surface area contributed by atoms with Crippen molar-refractivity contribution < 1.29 is 4.74 Å². The summed E-state index contributed by atoms with van der Waals surface area (Å²) in [4.78, 5) is 0. The van der Waals surface area contributed by atoms with Crippen molar-refractivity contribution in [3.63, 3.8) is 0 Å². The lowest BCUT2D eigenvalue weighted by Gasteiger charge is -2.17. The smallest absolute Gasteiger partial charge is 0.128 e. The monoisotopic (exact) mass is 275 g/mol. The van der Waals surface area contributed by atoms with E-state index < -0.39 is 0 Å². The van der Waals surface area contributed by atoms with Crippen LogP contribution in [-0.4, -0.2) is 13.2 Å². The largest absolute Gasteiger partial charge is 0.489 e. The van der Waals surface area contributed by atoms with Crippen LogP contribution in [0, 0.1) is 0 Å². The molecule has 0 radical (unpaired) electrons. The molecule has 0 aliphatic carbocycles. The average Bonchev–Trinajstić information content (AvgIpc) is 2.16. The van der Waals surface area contributed by atoms with E-state index in [-0.39, 0.29) is 12.4 Å². The molecular weight excluding hydrogens is 265 g/mol. The van der Waals surface area contributed by atoms with Crippen LogP contribution in [0.2, 0.25) is 0 Å². The molecule has 2 rings (SSSR count). The highest BCUT2D eigenvalue weighted by Gasteiger charge is 2.12. The van der Waals surface area contributed by atoms with Crippen molar-refractivity contribution in [2.24, 2.45) is 5.73 Å². The Morgan fingerprint density at radius 1 is 1.43 bits per heavy atom. The first kappa shape index (κ1) is 11.6. The molecule has 1 aliphatic heterocycles. The summed E-state index contributed by atoms with van der Waals surface area (Å²) in [6.45, 7) is 1.19. The number of halogens is 2. The zero-order valence-electron chi connectivity index (χ0n) is 7.50. The maximum atomic E-state index is 5.62. The van der Waals surface area contributed by atoms with Gasteiger partial charge >= 0.3 is 0 Å². The molecule has 0 atom stereocenters. The van der Waals surface area contributed by atoms with Crippen molar-refractivity contribution in [3.05, 3.63) is 34.3 Å². The lowest BCUT2D eigenvalue weighted by Crippen LogP contribution is -2.10. The molecule has 76 valence electrons. The molecule has 0 bridgehead atoms. The van der Waals surface area contributed by atoms with Gasteiger partial charge in [0, 0.05) is 16.6 Å². The number of hydrogen-bond acceptors (Lipinski definition) is 2. The van der Waals surface area contributed by atoms with E-state index in [0.717, 1.165) is 21.4 Å². The molecule has 4 heteroatoms. The van der Waals surface area contributed by atoms with Crippen LogP contribution in [0.25, 0.3) is 5.57 Å². The Morgan fingerprint density at radius 2 is 2.21 bits per heavy atom. The molecule has 0 unspecified atom stereocenters. The highest BCUT2D eigenvalue weighted by Crippen LogP contribution is 2.31. The molecule has 1 heterocycles. The second kappa shape index (κ2) is 4.82. The minimum Gasteiger partial charge on any atom is -0.489 e. The molecule has 2 nitrogen and oxygen atoms in total. The molecule has 0 spiro atoms. The molecule has 1 aromatic rings. The van der Waals surface area contributed by atoms with Crippen molar-refractivity contribution >= 4 is 33.9 Å². The Morgan fingerprint density at radius 3 is 2.93 bits per heavy atom. The van der Waals surface area contributed by atoms with Crippen LogP contribution in [0.3, 0.4) is 0 Å². The predicted octanol–water partition coefficient (Wildman–Crippen LogP) is 2.61. The molecule has 1 aromatic carbocycles. The van der Waals surface area contributed by atoms with E-state index >= 15 is 0 Å².